The van der Waals surface area contributed by atoms with Crippen LogP contribution in [0.3, 0.4) is 0 Å². The Morgan fingerprint density at radius 2 is 1.35 bits per heavy atom. The van der Waals surface area contributed by atoms with E-state index in [0.29, 0.717) is 27.9 Å². The van der Waals surface area contributed by atoms with E-state index in [1.807, 2.05) is 78.9 Å². The van der Waals surface area contributed by atoms with Gasteiger partial charge in [-0.2, -0.15) is 0 Å². The second-order valence-electron chi connectivity index (χ2n) is 8.23. The molecule has 0 aliphatic carbocycles. The minimum Gasteiger partial charge on any atom is -0.448 e. The number of esters is 1. The van der Waals surface area contributed by atoms with Crippen LogP contribution in [0.2, 0.25) is 0 Å². The van der Waals surface area contributed by atoms with Crippen LogP contribution in [-0.4, -0.2) is 23.1 Å². The summed E-state index contributed by atoms with van der Waals surface area (Å²) in [6.45, 7) is 0. The summed E-state index contributed by atoms with van der Waals surface area (Å²) in [6, 6.07) is 32.9. The van der Waals surface area contributed by atoms with Crippen molar-refractivity contribution in [1.29, 1.82) is 0 Å². The molecule has 0 unspecified atom stereocenters. The highest BCUT2D eigenvalue weighted by Crippen LogP contribution is 2.40. The first-order valence-electron chi connectivity index (χ1n) is 11.1. The first-order chi connectivity index (χ1) is 16.6. The third-order valence-electron chi connectivity index (χ3n) is 6.14. The number of nitrogens with one attached hydrogen (secondary N) is 1. The molecule has 0 saturated heterocycles. The average molecular weight is 450 g/mol. The van der Waals surface area contributed by atoms with Crippen molar-refractivity contribution in [3.8, 4) is 0 Å². The van der Waals surface area contributed by atoms with Crippen molar-refractivity contribution in [3.63, 3.8) is 0 Å². The van der Waals surface area contributed by atoms with E-state index in [2.05, 4.69) is 5.32 Å². The van der Waals surface area contributed by atoms with Crippen LogP contribution in [0.15, 0.2) is 109 Å². The fourth-order valence-corrected chi connectivity index (χ4v) is 4.43. The maximum atomic E-state index is 13.2. The molecule has 4 aromatic rings. The number of ether oxygens (including phenoxy) is 1. The summed E-state index contributed by atoms with van der Waals surface area (Å²) in [7, 11) is 0. The average Bonchev–Trinajstić information content (AvgIpc) is 2.89. The largest absolute Gasteiger partial charge is 0.448 e. The minimum atomic E-state index is -1.51. The fourth-order valence-electron chi connectivity index (χ4n) is 4.43. The van der Waals surface area contributed by atoms with Gasteiger partial charge in [-0.05, 0) is 28.8 Å². The van der Waals surface area contributed by atoms with E-state index in [1.165, 1.54) is 0 Å². The highest BCUT2D eigenvalue weighted by molar-refractivity contribution is 6.00. The van der Waals surface area contributed by atoms with Crippen molar-refractivity contribution in [3.05, 3.63) is 137 Å². The number of cyclic esters (lactones) is 1. The lowest BCUT2D eigenvalue weighted by molar-refractivity contribution is -0.125. The molecule has 5 rings (SSSR count). The van der Waals surface area contributed by atoms with Gasteiger partial charge in [0, 0.05) is 17.7 Å². The van der Waals surface area contributed by atoms with E-state index in [0.717, 1.165) is 5.56 Å². The van der Waals surface area contributed by atoms with Gasteiger partial charge in [0.1, 0.15) is 5.60 Å². The Morgan fingerprint density at radius 3 is 2.03 bits per heavy atom. The fraction of sp³-hybridized carbons (Fsp3) is 0.103. The van der Waals surface area contributed by atoms with Crippen LogP contribution in [0.25, 0.3) is 0 Å². The molecule has 0 fully saturated rings. The third kappa shape index (κ3) is 3.87. The minimum absolute atomic E-state index is 0.289. The molecule has 1 amide bonds. The predicted molar refractivity (Wildman–Crippen MR) is 129 cm³/mol. The molecular weight excluding hydrogens is 426 g/mol. The highest BCUT2D eigenvalue weighted by Gasteiger charge is 2.37. The molecule has 1 aliphatic heterocycles. The molecule has 5 heteroatoms. The molecule has 5 nitrogen and oxygen atoms in total. The van der Waals surface area contributed by atoms with Crippen LogP contribution in [0.4, 0.5) is 5.69 Å². The van der Waals surface area contributed by atoms with Gasteiger partial charge < -0.3 is 15.2 Å². The summed E-state index contributed by atoms with van der Waals surface area (Å²) in [5, 5.41) is 15.1. The summed E-state index contributed by atoms with van der Waals surface area (Å²) in [4.78, 5) is 25.6. The van der Waals surface area contributed by atoms with Gasteiger partial charge in [-0.1, -0.05) is 97.1 Å². The summed E-state index contributed by atoms with van der Waals surface area (Å²) >= 11 is 0. The Kier molecular flexibility index (Phi) is 5.70. The lowest BCUT2D eigenvalue weighted by Gasteiger charge is -2.32. The molecular formula is C29H23NO4. The molecule has 0 aromatic heterocycles. The van der Waals surface area contributed by atoms with E-state index in [4.69, 9.17) is 4.74 Å². The van der Waals surface area contributed by atoms with Crippen LogP contribution in [0.1, 0.15) is 32.6 Å². The van der Waals surface area contributed by atoms with Crippen LogP contribution in [-0.2, 0) is 21.6 Å². The molecule has 0 spiro atoms. The summed E-state index contributed by atoms with van der Waals surface area (Å²) in [5.41, 5.74) is 2.04. The van der Waals surface area contributed by atoms with Gasteiger partial charge in [-0.25, -0.2) is 4.79 Å². The molecule has 0 radical (unpaired) electrons. The van der Waals surface area contributed by atoms with Crippen molar-refractivity contribution in [2.75, 3.05) is 5.32 Å². The third-order valence-corrected chi connectivity index (χ3v) is 6.14. The SMILES string of the molecule is O=C1O[C@@H](C(=O)Nc2ccccc2C(O)(c2ccccc2)c2ccccc2)Cc2ccccc21. The molecule has 0 bridgehead atoms. The summed E-state index contributed by atoms with van der Waals surface area (Å²) in [6.07, 6.45) is -0.672. The number of carbonyl (C=O) groups excluding carboxylic acids is 2. The zero-order valence-corrected chi connectivity index (χ0v) is 18.3. The quantitative estimate of drug-likeness (QED) is 0.342. The summed E-state index contributed by atoms with van der Waals surface area (Å²) < 4.78 is 5.43. The van der Waals surface area contributed by atoms with Crippen LogP contribution < -0.4 is 5.32 Å². The molecule has 1 aliphatic rings. The predicted octanol–water partition coefficient (Wildman–Crippen LogP) is 4.69. The maximum absolute atomic E-state index is 13.2. The Labute approximate surface area is 197 Å². The number of benzene rings is 4. The first-order valence-corrected chi connectivity index (χ1v) is 11.1. The van der Waals surface area contributed by atoms with Gasteiger partial charge in [0.2, 0.25) is 0 Å². The molecule has 1 atom stereocenters. The topological polar surface area (TPSA) is 75.6 Å². The van der Waals surface area contributed by atoms with Crippen molar-refractivity contribution >= 4 is 17.6 Å². The molecule has 34 heavy (non-hydrogen) atoms. The van der Waals surface area contributed by atoms with E-state index in [1.54, 1.807) is 30.3 Å². The number of hydrogen-bond donors (Lipinski definition) is 2. The van der Waals surface area contributed by atoms with E-state index in [-0.39, 0.29) is 6.42 Å². The summed E-state index contributed by atoms with van der Waals surface area (Å²) in [5.74, 6) is -0.959. The molecule has 1 heterocycles. The number of hydrogen-bond acceptors (Lipinski definition) is 4. The van der Waals surface area contributed by atoms with Crippen LogP contribution in [0, 0.1) is 0 Å². The Hall–Kier alpha value is -4.22. The number of amides is 1. The maximum Gasteiger partial charge on any atom is 0.339 e. The van der Waals surface area contributed by atoms with Gasteiger partial charge in [-0.3, -0.25) is 4.79 Å². The number of carbonyl (C=O) groups is 2. The number of anilines is 1. The normalized spacial score (nSPS) is 15.2. The van der Waals surface area contributed by atoms with Crippen molar-refractivity contribution < 1.29 is 19.4 Å². The lowest BCUT2D eigenvalue weighted by atomic mass is 9.79. The highest BCUT2D eigenvalue weighted by atomic mass is 16.5. The smallest absolute Gasteiger partial charge is 0.339 e. The number of para-hydroxylation sites is 1. The first kappa shape index (κ1) is 21.6. The number of aliphatic hydroxyl groups is 1. The zero-order valence-electron chi connectivity index (χ0n) is 18.3. The van der Waals surface area contributed by atoms with E-state index in [9.17, 15) is 14.7 Å². The van der Waals surface area contributed by atoms with Gasteiger partial charge in [0.05, 0.1) is 5.56 Å². The van der Waals surface area contributed by atoms with Gasteiger partial charge >= 0.3 is 5.97 Å². The second kappa shape index (κ2) is 8.96. The van der Waals surface area contributed by atoms with Gasteiger partial charge in [-0.15, -0.1) is 0 Å². The molecule has 2 N–H and O–H groups in total. The van der Waals surface area contributed by atoms with Crippen LogP contribution >= 0.6 is 0 Å². The number of fused-ring (bicyclic) bond motifs is 1. The van der Waals surface area contributed by atoms with Crippen molar-refractivity contribution in [2.45, 2.75) is 18.1 Å². The van der Waals surface area contributed by atoms with Crippen molar-refractivity contribution in [1.82, 2.24) is 0 Å². The second-order valence-corrected chi connectivity index (χ2v) is 8.23. The molecule has 168 valence electrons. The van der Waals surface area contributed by atoms with E-state index >= 15 is 0 Å². The van der Waals surface area contributed by atoms with E-state index < -0.39 is 23.6 Å². The molecule has 0 saturated carbocycles. The Bertz CT molecular complexity index is 1300. The standard InChI is InChI=1S/C29H23NO4/c31-27(26-19-20-11-7-8-16-23(20)28(32)34-26)30-25-18-10-9-17-24(25)29(33,21-12-3-1-4-13-21)22-14-5-2-6-15-22/h1-18,26,33H,19H2,(H,30,31)/t26-/m1/s1. The van der Waals surface area contributed by atoms with Gasteiger partial charge in [0.15, 0.2) is 6.10 Å². The Balaban J connectivity index is 1.52. The monoisotopic (exact) mass is 449 g/mol. The van der Waals surface area contributed by atoms with Crippen molar-refractivity contribution in [2.24, 2.45) is 0 Å². The van der Waals surface area contributed by atoms with Crippen LogP contribution in [0.5, 0.6) is 0 Å². The number of rotatable bonds is 5. The molecule has 4 aromatic carbocycles. The lowest BCUT2D eigenvalue weighted by Crippen LogP contribution is -2.39. The zero-order chi connectivity index (χ0) is 23.5. The Morgan fingerprint density at radius 1 is 0.794 bits per heavy atom. The van der Waals surface area contributed by atoms with Gasteiger partial charge in [0.25, 0.3) is 5.91 Å².